The second kappa shape index (κ2) is 3.73. The van der Waals surface area contributed by atoms with Crippen molar-refractivity contribution in [1.82, 2.24) is 0 Å². The lowest BCUT2D eigenvalue weighted by molar-refractivity contribution is -0.0528. The zero-order valence-electron chi connectivity index (χ0n) is 11.7. The lowest BCUT2D eigenvalue weighted by Crippen LogP contribution is -2.50. The van der Waals surface area contributed by atoms with Gasteiger partial charge in [0.2, 0.25) is 0 Å². The van der Waals surface area contributed by atoms with Crippen LogP contribution in [-0.2, 0) is 0 Å². The molecular formula is C15H29N. The normalized spacial score (nSPS) is 40.1. The first-order chi connectivity index (χ1) is 7.21. The summed E-state index contributed by atoms with van der Waals surface area (Å²) in [6.07, 6.45) is 5.43. The molecule has 2 rings (SSSR count). The van der Waals surface area contributed by atoms with Crippen molar-refractivity contribution in [2.75, 3.05) is 0 Å². The van der Waals surface area contributed by atoms with Crippen LogP contribution in [0.2, 0.25) is 0 Å². The third kappa shape index (κ3) is 2.03. The van der Waals surface area contributed by atoms with E-state index in [0.29, 0.717) is 16.9 Å². The summed E-state index contributed by atoms with van der Waals surface area (Å²) in [5.74, 6) is 2.80. The number of hydrogen-bond acceptors (Lipinski definition) is 1. The zero-order valence-corrected chi connectivity index (χ0v) is 11.7. The van der Waals surface area contributed by atoms with Crippen molar-refractivity contribution in [1.29, 1.82) is 0 Å². The fourth-order valence-electron chi connectivity index (χ4n) is 3.54. The van der Waals surface area contributed by atoms with Gasteiger partial charge in [-0.25, -0.2) is 0 Å². The van der Waals surface area contributed by atoms with E-state index < -0.39 is 0 Å². The van der Waals surface area contributed by atoms with Crippen molar-refractivity contribution >= 4 is 0 Å². The Morgan fingerprint density at radius 2 is 1.19 bits per heavy atom. The molecule has 0 spiro atoms. The van der Waals surface area contributed by atoms with E-state index in [-0.39, 0.29) is 0 Å². The lowest BCUT2D eigenvalue weighted by Gasteiger charge is -2.56. The highest BCUT2D eigenvalue weighted by Crippen LogP contribution is 2.57. The van der Waals surface area contributed by atoms with Crippen LogP contribution in [-0.4, -0.2) is 6.04 Å². The van der Waals surface area contributed by atoms with Gasteiger partial charge < -0.3 is 5.73 Å². The molecule has 0 unspecified atom stereocenters. The Balaban J connectivity index is 1.86. The zero-order chi connectivity index (χ0) is 12.1. The maximum atomic E-state index is 5.92. The molecule has 0 aromatic heterocycles. The highest BCUT2D eigenvalue weighted by atomic mass is 14.7. The summed E-state index contributed by atoms with van der Waals surface area (Å²) in [5, 5.41) is 0. The second-order valence-corrected chi connectivity index (χ2v) is 7.98. The largest absolute Gasteiger partial charge is 0.328 e. The van der Waals surface area contributed by atoms with Crippen LogP contribution in [0.3, 0.4) is 0 Å². The molecule has 1 heteroatoms. The minimum absolute atomic E-state index is 0.503. The van der Waals surface area contributed by atoms with E-state index in [4.69, 9.17) is 5.73 Å². The minimum Gasteiger partial charge on any atom is -0.328 e. The lowest BCUT2D eigenvalue weighted by atomic mass is 9.50. The van der Waals surface area contributed by atoms with Crippen LogP contribution in [0.4, 0.5) is 0 Å². The van der Waals surface area contributed by atoms with E-state index in [9.17, 15) is 0 Å². The van der Waals surface area contributed by atoms with Crippen LogP contribution in [0, 0.1) is 28.6 Å². The molecule has 2 fully saturated rings. The quantitative estimate of drug-likeness (QED) is 0.756. The first-order valence-electron chi connectivity index (χ1n) is 6.97. The molecule has 94 valence electrons. The summed E-state index contributed by atoms with van der Waals surface area (Å²) < 4.78 is 0. The van der Waals surface area contributed by atoms with Crippen LogP contribution in [0.25, 0.3) is 0 Å². The monoisotopic (exact) mass is 223 g/mol. The van der Waals surface area contributed by atoms with Gasteiger partial charge in [-0.1, -0.05) is 34.6 Å². The van der Waals surface area contributed by atoms with E-state index >= 15 is 0 Å². The first-order valence-corrected chi connectivity index (χ1v) is 6.97. The molecule has 2 aliphatic carbocycles. The highest BCUT2D eigenvalue weighted by molar-refractivity contribution is 5.00. The molecular weight excluding hydrogens is 194 g/mol. The summed E-state index contributed by atoms with van der Waals surface area (Å²) >= 11 is 0. The molecule has 1 nitrogen and oxygen atoms in total. The Hall–Kier alpha value is -0.0400. The van der Waals surface area contributed by atoms with Crippen LogP contribution in [0.1, 0.15) is 60.3 Å². The Morgan fingerprint density at radius 1 is 0.750 bits per heavy atom. The van der Waals surface area contributed by atoms with Gasteiger partial charge in [0, 0.05) is 6.04 Å². The van der Waals surface area contributed by atoms with Gasteiger partial charge >= 0.3 is 0 Å². The summed E-state index contributed by atoms with van der Waals surface area (Å²) in [5.41, 5.74) is 6.98. The Bertz CT molecular complexity index is 249. The Labute approximate surface area is 101 Å². The van der Waals surface area contributed by atoms with E-state index in [0.717, 1.165) is 17.8 Å². The van der Waals surface area contributed by atoms with E-state index in [1.807, 2.05) is 0 Å². The molecule has 16 heavy (non-hydrogen) atoms. The number of hydrogen-bond donors (Lipinski definition) is 1. The predicted molar refractivity (Wildman–Crippen MR) is 70.1 cm³/mol. The highest BCUT2D eigenvalue weighted by Gasteiger charge is 2.49. The van der Waals surface area contributed by atoms with Crippen molar-refractivity contribution in [2.45, 2.75) is 66.3 Å². The molecule has 0 heterocycles. The Kier molecular flexibility index (Phi) is 2.89. The fraction of sp³-hybridized carbons (Fsp3) is 1.00. The molecule has 0 aromatic carbocycles. The van der Waals surface area contributed by atoms with Crippen molar-refractivity contribution in [3.63, 3.8) is 0 Å². The van der Waals surface area contributed by atoms with Gasteiger partial charge in [0.05, 0.1) is 0 Å². The fourth-order valence-corrected chi connectivity index (χ4v) is 3.54. The van der Waals surface area contributed by atoms with Gasteiger partial charge in [-0.15, -0.1) is 0 Å². The molecule has 0 bridgehead atoms. The maximum Gasteiger partial charge on any atom is 0.00445 e. The summed E-state index contributed by atoms with van der Waals surface area (Å²) in [6, 6.07) is 0.503. The van der Waals surface area contributed by atoms with E-state index in [2.05, 4.69) is 34.6 Å². The summed E-state index contributed by atoms with van der Waals surface area (Å²) in [7, 11) is 0. The molecule has 0 saturated heterocycles. The van der Waals surface area contributed by atoms with Gasteiger partial charge in [-0.3, -0.25) is 0 Å². The average molecular weight is 223 g/mol. The van der Waals surface area contributed by atoms with Crippen LogP contribution >= 0.6 is 0 Å². The number of nitrogens with two attached hydrogens (primary N) is 1. The molecule has 0 amide bonds. The molecule has 2 N–H and O–H groups in total. The summed E-state index contributed by atoms with van der Waals surface area (Å²) in [6.45, 7) is 12.1. The molecule has 0 radical (unpaired) electrons. The molecule has 0 aromatic rings. The van der Waals surface area contributed by atoms with Crippen molar-refractivity contribution in [3.8, 4) is 0 Å². The third-order valence-corrected chi connectivity index (χ3v) is 5.64. The van der Waals surface area contributed by atoms with Crippen LogP contribution in [0.5, 0.6) is 0 Å². The van der Waals surface area contributed by atoms with Gasteiger partial charge in [0.1, 0.15) is 0 Å². The van der Waals surface area contributed by atoms with E-state index in [1.54, 1.807) is 0 Å². The predicted octanol–water partition coefficient (Wildman–Crippen LogP) is 3.82. The van der Waals surface area contributed by atoms with Gasteiger partial charge in [-0.05, 0) is 54.3 Å². The molecule has 2 aliphatic rings. The number of rotatable bonds is 2. The molecule has 0 aliphatic heterocycles. The van der Waals surface area contributed by atoms with Crippen LogP contribution < -0.4 is 5.73 Å². The standard InChI is InChI=1S/C15H29N/c1-14(2,3)10-6-11(7-10)15(4,5)12-8-13(16)9-12/h10-13H,6-9,16H2,1-5H3. The van der Waals surface area contributed by atoms with Gasteiger partial charge in [0.25, 0.3) is 0 Å². The van der Waals surface area contributed by atoms with Gasteiger partial charge in [0.15, 0.2) is 0 Å². The van der Waals surface area contributed by atoms with E-state index in [1.165, 1.54) is 25.7 Å². The molecule has 0 atom stereocenters. The topological polar surface area (TPSA) is 26.0 Å². The summed E-state index contributed by atoms with van der Waals surface area (Å²) in [4.78, 5) is 0. The van der Waals surface area contributed by atoms with Crippen molar-refractivity contribution in [2.24, 2.45) is 34.3 Å². The average Bonchev–Trinajstić information content (AvgIpc) is 1.91. The smallest absolute Gasteiger partial charge is 0.00445 e. The van der Waals surface area contributed by atoms with Crippen molar-refractivity contribution < 1.29 is 0 Å². The second-order valence-electron chi connectivity index (χ2n) is 7.98. The van der Waals surface area contributed by atoms with Crippen molar-refractivity contribution in [3.05, 3.63) is 0 Å². The van der Waals surface area contributed by atoms with Gasteiger partial charge in [-0.2, -0.15) is 0 Å². The van der Waals surface area contributed by atoms with Crippen LogP contribution in [0.15, 0.2) is 0 Å². The third-order valence-electron chi connectivity index (χ3n) is 5.64. The SMILES string of the molecule is CC(C)(C)C1CC(C(C)(C)C2CC(N)C2)C1. The Morgan fingerprint density at radius 3 is 1.56 bits per heavy atom. The maximum absolute atomic E-state index is 5.92. The first kappa shape index (κ1) is 12.4. The minimum atomic E-state index is 0.503. The molecule has 2 saturated carbocycles.